The van der Waals surface area contributed by atoms with E-state index in [0.29, 0.717) is 23.2 Å². The average molecular weight is 284 g/mol. The van der Waals surface area contributed by atoms with Crippen molar-refractivity contribution in [1.29, 1.82) is 0 Å². The molecule has 0 aliphatic carbocycles. The number of carbonyl (C=O) groups excluding carboxylic acids is 1. The highest BCUT2D eigenvalue weighted by Gasteiger charge is 2.20. The Kier molecular flexibility index (Phi) is 6.89. The summed E-state index contributed by atoms with van der Waals surface area (Å²) in [7, 11) is 1.68. The van der Waals surface area contributed by atoms with Crippen molar-refractivity contribution in [2.24, 2.45) is 0 Å². The molecule has 0 atom stereocenters. The largest absolute Gasteiger partial charge is 0.383 e. The molecule has 3 nitrogen and oxygen atoms in total. The molecule has 1 rings (SSSR count). The van der Waals surface area contributed by atoms with E-state index in [0.717, 1.165) is 31.4 Å². The Morgan fingerprint density at radius 2 is 2.05 bits per heavy atom. The van der Waals surface area contributed by atoms with E-state index in [4.69, 9.17) is 16.3 Å². The number of hydrogen-bond acceptors (Lipinski definition) is 3. The maximum atomic E-state index is 11.2. The van der Waals surface area contributed by atoms with E-state index in [9.17, 15) is 4.79 Å². The van der Waals surface area contributed by atoms with Crippen LogP contribution in [-0.4, -0.2) is 32.6 Å². The summed E-state index contributed by atoms with van der Waals surface area (Å²) in [6.07, 6.45) is 2.87. The molecule has 0 heterocycles. The fraction of sp³-hybridized carbons (Fsp3) is 0.533. The maximum Gasteiger partial charge on any atom is 0.152 e. The molecular weight excluding hydrogens is 262 g/mol. The van der Waals surface area contributed by atoms with Crippen LogP contribution in [0.5, 0.6) is 0 Å². The molecule has 0 amide bonds. The number of halogens is 1. The molecule has 0 aliphatic heterocycles. The molecule has 0 unspecified atom stereocenters. The second-order valence-electron chi connectivity index (χ2n) is 4.45. The van der Waals surface area contributed by atoms with Crippen LogP contribution in [-0.2, 0) is 4.74 Å². The van der Waals surface area contributed by atoms with Gasteiger partial charge in [0.2, 0.25) is 0 Å². The number of ether oxygens (including phenoxy) is 1. The van der Waals surface area contributed by atoms with Crippen LogP contribution in [0.1, 0.15) is 37.0 Å². The summed E-state index contributed by atoms with van der Waals surface area (Å²) in [5.41, 5.74) is 1.46. The smallest absolute Gasteiger partial charge is 0.152 e. The molecule has 4 heteroatoms. The van der Waals surface area contributed by atoms with Crippen molar-refractivity contribution >= 4 is 23.6 Å². The van der Waals surface area contributed by atoms with Crippen LogP contribution in [0.15, 0.2) is 18.2 Å². The summed E-state index contributed by atoms with van der Waals surface area (Å²) in [5, 5.41) is 0.618. The Morgan fingerprint density at radius 1 is 1.37 bits per heavy atom. The van der Waals surface area contributed by atoms with Crippen molar-refractivity contribution in [3.05, 3.63) is 28.8 Å². The summed E-state index contributed by atoms with van der Waals surface area (Å²) < 4.78 is 5.17. The second-order valence-corrected chi connectivity index (χ2v) is 4.86. The highest BCUT2D eigenvalue weighted by Crippen LogP contribution is 2.31. The topological polar surface area (TPSA) is 29.5 Å². The average Bonchev–Trinajstić information content (AvgIpc) is 2.43. The van der Waals surface area contributed by atoms with E-state index in [2.05, 4.69) is 18.7 Å². The van der Waals surface area contributed by atoms with Gasteiger partial charge in [0.25, 0.3) is 0 Å². The zero-order valence-corrected chi connectivity index (χ0v) is 12.6. The van der Waals surface area contributed by atoms with Gasteiger partial charge in [0, 0.05) is 25.3 Å². The lowest BCUT2D eigenvalue weighted by Crippen LogP contribution is -2.38. The van der Waals surface area contributed by atoms with E-state index in [1.807, 2.05) is 6.07 Å². The predicted octanol–water partition coefficient (Wildman–Crippen LogP) is 3.79. The third kappa shape index (κ3) is 3.95. The van der Waals surface area contributed by atoms with Gasteiger partial charge in [0.1, 0.15) is 0 Å². The number of rotatable bonds is 8. The molecule has 0 fully saturated rings. The van der Waals surface area contributed by atoms with Crippen LogP contribution in [0.25, 0.3) is 0 Å². The minimum Gasteiger partial charge on any atom is -0.383 e. The zero-order valence-electron chi connectivity index (χ0n) is 11.9. The van der Waals surface area contributed by atoms with Crippen molar-refractivity contribution in [3.8, 4) is 0 Å². The first-order valence-corrected chi connectivity index (χ1v) is 7.06. The standard InChI is InChI=1S/C15H22ClNO2/c1-4-13(5-2)17(9-10-19-3)15-12(11-18)7-6-8-14(15)16/h6-8,11,13H,4-5,9-10H2,1-3H3. The first kappa shape index (κ1) is 16.0. The molecule has 106 valence electrons. The third-order valence-electron chi connectivity index (χ3n) is 3.35. The van der Waals surface area contributed by atoms with Crippen LogP contribution in [0.4, 0.5) is 5.69 Å². The number of para-hydroxylation sites is 1. The lowest BCUT2D eigenvalue weighted by atomic mass is 10.1. The predicted molar refractivity (Wildman–Crippen MR) is 80.4 cm³/mol. The number of hydrogen-bond donors (Lipinski definition) is 0. The number of methoxy groups -OCH3 is 1. The molecule has 0 N–H and O–H groups in total. The molecule has 0 saturated heterocycles. The van der Waals surface area contributed by atoms with Gasteiger partial charge in [0.15, 0.2) is 6.29 Å². The fourth-order valence-electron chi connectivity index (χ4n) is 2.33. The van der Waals surface area contributed by atoms with Gasteiger partial charge in [0.05, 0.1) is 17.3 Å². The van der Waals surface area contributed by atoms with Crippen molar-refractivity contribution in [1.82, 2.24) is 0 Å². The number of nitrogens with zero attached hydrogens (tertiary/aromatic N) is 1. The van der Waals surface area contributed by atoms with E-state index in [1.165, 1.54) is 0 Å². The minimum atomic E-state index is 0.355. The summed E-state index contributed by atoms with van der Waals surface area (Å²) >= 11 is 6.30. The third-order valence-corrected chi connectivity index (χ3v) is 3.66. The molecular formula is C15H22ClNO2. The Hall–Kier alpha value is -1.06. The van der Waals surface area contributed by atoms with Gasteiger partial charge in [-0.05, 0) is 25.0 Å². The van der Waals surface area contributed by atoms with Crippen LogP contribution in [0.2, 0.25) is 5.02 Å². The molecule has 1 aromatic carbocycles. The van der Waals surface area contributed by atoms with E-state index in [1.54, 1.807) is 19.2 Å². The SMILES string of the molecule is CCC(CC)N(CCOC)c1c(Cl)cccc1C=O. The van der Waals surface area contributed by atoms with Crippen molar-refractivity contribution in [2.45, 2.75) is 32.7 Å². The van der Waals surface area contributed by atoms with Crippen LogP contribution in [0.3, 0.4) is 0 Å². The van der Waals surface area contributed by atoms with Gasteiger partial charge >= 0.3 is 0 Å². The van der Waals surface area contributed by atoms with Gasteiger partial charge in [-0.2, -0.15) is 0 Å². The van der Waals surface area contributed by atoms with Gasteiger partial charge < -0.3 is 9.64 Å². The van der Waals surface area contributed by atoms with E-state index in [-0.39, 0.29) is 0 Å². The molecule has 1 aromatic rings. The van der Waals surface area contributed by atoms with Gasteiger partial charge in [-0.15, -0.1) is 0 Å². The number of anilines is 1. The Labute approximate surface area is 120 Å². The first-order valence-electron chi connectivity index (χ1n) is 6.68. The minimum absolute atomic E-state index is 0.355. The summed E-state index contributed by atoms with van der Waals surface area (Å²) in [6, 6.07) is 5.79. The lowest BCUT2D eigenvalue weighted by Gasteiger charge is -2.34. The van der Waals surface area contributed by atoms with Crippen LogP contribution < -0.4 is 4.90 Å². The van der Waals surface area contributed by atoms with Gasteiger partial charge in [-0.1, -0.05) is 31.5 Å². The van der Waals surface area contributed by atoms with Crippen molar-refractivity contribution < 1.29 is 9.53 Å². The van der Waals surface area contributed by atoms with E-state index >= 15 is 0 Å². The molecule has 0 radical (unpaired) electrons. The van der Waals surface area contributed by atoms with Crippen molar-refractivity contribution in [3.63, 3.8) is 0 Å². The summed E-state index contributed by atoms with van der Waals surface area (Å²) in [4.78, 5) is 13.4. The molecule has 0 aliphatic rings. The first-order chi connectivity index (χ1) is 9.19. The Balaban J connectivity index is 3.19. The van der Waals surface area contributed by atoms with Crippen LogP contribution >= 0.6 is 11.6 Å². The summed E-state index contributed by atoms with van der Waals surface area (Å²) in [5.74, 6) is 0. The fourth-order valence-corrected chi connectivity index (χ4v) is 2.62. The molecule has 0 saturated carbocycles. The monoisotopic (exact) mass is 283 g/mol. The zero-order chi connectivity index (χ0) is 14.3. The Bertz CT molecular complexity index is 405. The van der Waals surface area contributed by atoms with Crippen LogP contribution in [0, 0.1) is 0 Å². The summed E-state index contributed by atoms with van der Waals surface area (Å²) in [6.45, 7) is 5.63. The molecule has 19 heavy (non-hydrogen) atoms. The molecule has 0 aromatic heterocycles. The second kappa shape index (κ2) is 8.18. The van der Waals surface area contributed by atoms with Gasteiger partial charge in [-0.25, -0.2) is 0 Å². The molecule has 0 bridgehead atoms. The number of aldehydes is 1. The highest BCUT2D eigenvalue weighted by molar-refractivity contribution is 6.34. The highest BCUT2D eigenvalue weighted by atomic mass is 35.5. The van der Waals surface area contributed by atoms with Gasteiger partial charge in [-0.3, -0.25) is 4.79 Å². The maximum absolute atomic E-state index is 11.2. The number of benzene rings is 1. The Morgan fingerprint density at radius 3 is 2.58 bits per heavy atom. The quantitative estimate of drug-likeness (QED) is 0.680. The lowest BCUT2D eigenvalue weighted by molar-refractivity contribution is 0.112. The van der Waals surface area contributed by atoms with Crippen molar-refractivity contribution in [2.75, 3.05) is 25.2 Å². The number of carbonyl (C=O) groups is 1. The normalized spacial score (nSPS) is 10.8. The molecule has 0 spiro atoms. The van der Waals surface area contributed by atoms with E-state index < -0.39 is 0 Å².